The lowest BCUT2D eigenvalue weighted by Crippen LogP contribution is -2.34. The number of carboxylic acid groups (broad SMARTS) is 1. The smallest absolute Gasteiger partial charge is 0.322 e. The second-order valence-corrected chi connectivity index (χ2v) is 3.85. The molecule has 0 saturated carbocycles. The van der Waals surface area contributed by atoms with Crippen molar-refractivity contribution in [2.24, 2.45) is 5.92 Å². The molecule has 0 spiro atoms. The number of carbonyl (C=O) groups is 2. The zero-order valence-electron chi connectivity index (χ0n) is 9.44. The predicted molar refractivity (Wildman–Crippen MR) is 59.9 cm³/mol. The number of carbonyl (C=O) groups excluding carboxylic acids is 1. The van der Waals surface area contributed by atoms with Gasteiger partial charge in [-0.05, 0) is 24.1 Å². The average molecular weight is 239 g/mol. The van der Waals surface area contributed by atoms with Gasteiger partial charge in [-0.15, -0.1) is 0 Å². The van der Waals surface area contributed by atoms with Crippen LogP contribution >= 0.6 is 0 Å². The number of hydrogen-bond acceptors (Lipinski definition) is 2. The van der Waals surface area contributed by atoms with E-state index in [1.807, 2.05) is 0 Å². The van der Waals surface area contributed by atoms with Gasteiger partial charge in [0.25, 0.3) is 0 Å². The lowest BCUT2D eigenvalue weighted by Gasteiger charge is -2.11. The van der Waals surface area contributed by atoms with Crippen LogP contribution in [-0.2, 0) is 16.0 Å². The Morgan fingerprint density at radius 2 is 2.18 bits per heavy atom. The molecule has 0 bridgehead atoms. The standard InChI is InChI=1S/C12H14FNO3/c1-8(12(17)14-7-11(15)16)5-9-3-2-4-10(13)6-9/h2-4,6,8H,5,7H2,1H3,(H,14,17)(H,15,16). The first kappa shape index (κ1) is 13.2. The summed E-state index contributed by atoms with van der Waals surface area (Å²) in [6.07, 6.45) is 0.378. The first-order chi connectivity index (χ1) is 7.99. The Labute approximate surface area is 98.5 Å². The van der Waals surface area contributed by atoms with Crippen LogP contribution in [0.4, 0.5) is 4.39 Å². The molecule has 0 heterocycles. The van der Waals surface area contributed by atoms with Crippen LogP contribution in [0.3, 0.4) is 0 Å². The third kappa shape index (κ3) is 4.63. The molecule has 1 atom stereocenters. The van der Waals surface area contributed by atoms with Crippen molar-refractivity contribution in [2.45, 2.75) is 13.3 Å². The summed E-state index contributed by atoms with van der Waals surface area (Å²) in [4.78, 5) is 21.7. The number of nitrogens with one attached hydrogen (secondary N) is 1. The normalized spacial score (nSPS) is 11.9. The minimum absolute atomic E-state index is 0.347. The molecule has 2 N–H and O–H groups in total. The van der Waals surface area contributed by atoms with Crippen molar-refractivity contribution in [1.82, 2.24) is 5.32 Å². The maximum absolute atomic E-state index is 12.9. The molecule has 0 radical (unpaired) electrons. The van der Waals surface area contributed by atoms with Crippen LogP contribution in [0.1, 0.15) is 12.5 Å². The van der Waals surface area contributed by atoms with Gasteiger partial charge in [0.15, 0.2) is 0 Å². The average Bonchev–Trinajstić information content (AvgIpc) is 2.25. The van der Waals surface area contributed by atoms with Crippen molar-refractivity contribution in [2.75, 3.05) is 6.54 Å². The van der Waals surface area contributed by atoms with E-state index in [1.165, 1.54) is 12.1 Å². The Balaban J connectivity index is 2.51. The van der Waals surface area contributed by atoms with Crippen LogP contribution in [0.5, 0.6) is 0 Å². The SMILES string of the molecule is CC(Cc1cccc(F)c1)C(=O)NCC(=O)O. The van der Waals surface area contributed by atoms with Gasteiger partial charge in [-0.2, -0.15) is 0 Å². The number of carboxylic acids is 1. The van der Waals surface area contributed by atoms with Gasteiger partial charge in [0.05, 0.1) is 0 Å². The molecule has 4 nitrogen and oxygen atoms in total. The summed E-state index contributed by atoms with van der Waals surface area (Å²) in [5, 5.41) is 10.7. The van der Waals surface area contributed by atoms with Gasteiger partial charge in [0, 0.05) is 5.92 Å². The van der Waals surface area contributed by atoms with Crippen LogP contribution in [0.15, 0.2) is 24.3 Å². The lowest BCUT2D eigenvalue weighted by molar-refractivity contribution is -0.138. The topological polar surface area (TPSA) is 66.4 Å². The Morgan fingerprint density at radius 1 is 1.47 bits per heavy atom. The van der Waals surface area contributed by atoms with Crippen LogP contribution in [-0.4, -0.2) is 23.5 Å². The molecule has 92 valence electrons. The van der Waals surface area contributed by atoms with Crippen molar-refractivity contribution in [3.05, 3.63) is 35.6 Å². The zero-order chi connectivity index (χ0) is 12.8. The molecule has 17 heavy (non-hydrogen) atoms. The molecule has 1 amide bonds. The second-order valence-electron chi connectivity index (χ2n) is 3.85. The molecule has 1 aromatic carbocycles. The van der Waals surface area contributed by atoms with Gasteiger partial charge >= 0.3 is 5.97 Å². The summed E-state index contributed by atoms with van der Waals surface area (Å²) < 4.78 is 12.9. The molecule has 1 unspecified atom stereocenters. The summed E-state index contributed by atoms with van der Waals surface area (Å²) in [5.74, 6) is -2.18. The van der Waals surface area contributed by atoms with E-state index < -0.39 is 18.4 Å². The number of aliphatic carboxylic acids is 1. The Bertz CT molecular complexity index is 420. The quantitative estimate of drug-likeness (QED) is 0.811. The van der Waals surface area contributed by atoms with Gasteiger partial charge in [0.1, 0.15) is 12.4 Å². The van der Waals surface area contributed by atoms with E-state index in [0.29, 0.717) is 12.0 Å². The largest absolute Gasteiger partial charge is 0.480 e. The van der Waals surface area contributed by atoms with Crippen LogP contribution in [0.2, 0.25) is 0 Å². The fourth-order valence-corrected chi connectivity index (χ4v) is 1.45. The van der Waals surface area contributed by atoms with Crippen molar-refractivity contribution >= 4 is 11.9 Å². The monoisotopic (exact) mass is 239 g/mol. The minimum atomic E-state index is -1.09. The molecule has 0 aliphatic carbocycles. The molecule has 0 aliphatic heterocycles. The second kappa shape index (κ2) is 5.98. The molecular formula is C12H14FNO3. The number of halogens is 1. The third-order valence-electron chi connectivity index (χ3n) is 2.29. The third-order valence-corrected chi connectivity index (χ3v) is 2.29. The maximum atomic E-state index is 12.9. The number of amides is 1. The molecule has 1 aromatic rings. The van der Waals surface area contributed by atoms with Gasteiger partial charge in [-0.3, -0.25) is 9.59 Å². The molecule has 1 rings (SSSR count). The molecule has 0 aromatic heterocycles. The van der Waals surface area contributed by atoms with Crippen LogP contribution < -0.4 is 5.32 Å². The summed E-state index contributed by atoms with van der Waals surface area (Å²) in [6.45, 7) is 1.27. The predicted octanol–water partition coefficient (Wildman–Crippen LogP) is 1.21. The maximum Gasteiger partial charge on any atom is 0.322 e. The number of hydrogen-bond donors (Lipinski definition) is 2. The van der Waals surface area contributed by atoms with Gasteiger partial charge in [0.2, 0.25) is 5.91 Å². The fraction of sp³-hybridized carbons (Fsp3) is 0.333. The first-order valence-electron chi connectivity index (χ1n) is 5.23. The van der Waals surface area contributed by atoms with E-state index in [4.69, 9.17) is 5.11 Å². The van der Waals surface area contributed by atoms with Crippen molar-refractivity contribution in [3.8, 4) is 0 Å². The highest BCUT2D eigenvalue weighted by Gasteiger charge is 2.14. The first-order valence-corrected chi connectivity index (χ1v) is 5.23. The number of benzene rings is 1. The van der Waals surface area contributed by atoms with E-state index >= 15 is 0 Å². The molecule has 5 heteroatoms. The highest BCUT2D eigenvalue weighted by atomic mass is 19.1. The molecule has 0 saturated heterocycles. The highest BCUT2D eigenvalue weighted by molar-refractivity contribution is 5.82. The van der Waals surface area contributed by atoms with E-state index in [-0.39, 0.29) is 11.7 Å². The number of rotatable bonds is 5. The van der Waals surface area contributed by atoms with Gasteiger partial charge in [-0.1, -0.05) is 19.1 Å². The van der Waals surface area contributed by atoms with Crippen molar-refractivity contribution in [1.29, 1.82) is 0 Å². The van der Waals surface area contributed by atoms with E-state index in [2.05, 4.69) is 5.32 Å². The highest BCUT2D eigenvalue weighted by Crippen LogP contribution is 2.10. The lowest BCUT2D eigenvalue weighted by atomic mass is 10.0. The van der Waals surface area contributed by atoms with E-state index in [0.717, 1.165) is 0 Å². The van der Waals surface area contributed by atoms with Gasteiger partial charge < -0.3 is 10.4 Å². The molecular weight excluding hydrogens is 225 g/mol. The van der Waals surface area contributed by atoms with Crippen LogP contribution in [0.25, 0.3) is 0 Å². The van der Waals surface area contributed by atoms with Crippen molar-refractivity contribution < 1.29 is 19.1 Å². The fourth-order valence-electron chi connectivity index (χ4n) is 1.45. The molecule has 0 fully saturated rings. The molecule has 0 aliphatic rings. The summed E-state index contributed by atoms with van der Waals surface area (Å²) in [5.41, 5.74) is 0.711. The Kier molecular flexibility index (Phi) is 4.63. The van der Waals surface area contributed by atoms with E-state index in [1.54, 1.807) is 19.1 Å². The van der Waals surface area contributed by atoms with Crippen LogP contribution in [0, 0.1) is 11.7 Å². The Morgan fingerprint density at radius 3 is 2.76 bits per heavy atom. The summed E-state index contributed by atoms with van der Waals surface area (Å²) in [7, 11) is 0. The van der Waals surface area contributed by atoms with Crippen molar-refractivity contribution in [3.63, 3.8) is 0 Å². The van der Waals surface area contributed by atoms with E-state index in [9.17, 15) is 14.0 Å². The van der Waals surface area contributed by atoms with Gasteiger partial charge in [-0.25, -0.2) is 4.39 Å². The minimum Gasteiger partial charge on any atom is -0.480 e. The Hall–Kier alpha value is -1.91. The summed E-state index contributed by atoms with van der Waals surface area (Å²) >= 11 is 0. The zero-order valence-corrected chi connectivity index (χ0v) is 9.44. The summed E-state index contributed by atoms with van der Waals surface area (Å²) in [6, 6.07) is 6.00.